The van der Waals surface area contributed by atoms with Crippen LogP contribution in [0.4, 0.5) is 4.39 Å². The summed E-state index contributed by atoms with van der Waals surface area (Å²) in [6.07, 6.45) is 4.73. The molecule has 2 aliphatic rings. The smallest absolute Gasteiger partial charge is 0.303 e. The molecule has 1 saturated carbocycles. The van der Waals surface area contributed by atoms with Crippen molar-refractivity contribution in [1.29, 1.82) is 0 Å². The Kier molecular flexibility index (Phi) is 8.79. The van der Waals surface area contributed by atoms with E-state index in [4.69, 9.17) is 5.11 Å². The van der Waals surface area contributed by atoms with Crippen LogP contribution in [0.1, 0.15) is 62.1 Å². The van der Waals surface area contributed by atoms with Gasteiger partial charge in [-0.1, -0.05) is 42.5 Å². The number of carbonyl (C=O) groups is 2. The van der Waals surface area contributed by atoms with E-state index in [2.05, 4.69) is 4.72 Å². The summed E-state index contributed by atoms with van der Waals surface area (Å²) in [6, 6.07) is 21.0. The van der Waals surface area contributed by atoms with Gasteiger partial charge in [0, 0.05) is 48.6 Å². The first kappa shape index (κ1) is 31.0. The molecule has 0 bridgehead atoms. The Morgan fingerprint density at radius 2 is 1.64 bits per heavy atom. The normalized spacial score (nSPS) is 20.5. The van der Waals surface area contributed by atoms with Gasteiger partial charge in [0.15, 0.2) is 0 Å². The van der Waals surface area contributed by atoms with Gasteiger partial charge < -0.3 is 14.6 Å². The number of aromatic nitrogens is 1. The van der Waals surface area contributed by atoms with Crippen LogP contribution in [0.15, 0.2) is 77.7 Å². The second-order valence-electron chi connectivity index (χ2n) is 12.3. The molecule has 2 N–H and O–H groups in total. The van der Waals surface area contributed by atoms with E-state index < -0.39 is 16.0 Å². The highest BCUT2D eigenvalue weighted by Gasteiger charge is 2.36. The molecule has 1 aliphatic heterocycles. The van der Waals surface area contributed by atoms with Gasteiger partial charge in [0.05, 0.1) is 10.9 Å². The van der Waals surface area contributed by atoms with Gasteiger partial charge in [-0.05, 0) is 92.0 Å². The molecule has 0 unspecified atom stereocenters. The zero-order chi connectivity index (χ0) is 31.7. The standard InChI is InChI=1S/C35H38FN3O5S/c1-38-32(25-7-4-23(5-8-25)6-19-34(40)41)21-27-13-18-30(22-33(27)38)45(43,44)37-29-16-11-26(12-17-29)35(42)39-20-2-3-31(39)24-9-14-28(36)15-10-24/h4-5,7-10,13-15,18,21-22,26,29,31,37H,2-3,6,11-12,16-17,19-20H2,1H3,(H,40,41)/t26?,29?,31-/m1/s1. The number of carboxylic acids is 1. The summed E-state index contributed by atoms with van der Waals surface area (Å²) in [5.41, 5.74) is 4.58. The van der Waals surface area contributed by atoms with Gasteiger partial charge in [0.2, 0.25) is 15.9 Å². The Morgan fingerprint density at radius 1 is 0.933 bits per heavy atom. The molecule has 1 aliphatic carbocycles. The zero-order valence-electron chi connectivity index (χ0n) is 25.3. The predicted octanol–water partition coefficient (Wildman–Crippen LogP) is 6.20. The highest BCUT2D eigenvalue weighted by molar-refractivity contribution is 7.89. The number of rotatable bonds is 9. The van der Waals surface area contributed by atoms with Gasteiger partial charge in [-0.25, -0.2) is 17.5 Å². The number of hydrogen-bond donors (Lipinski definition) is 2. The van der Waals surface area contributed by atoms with Gasteiger partial charge in [0.1, 0.15) is 5.82 Å². The molecule has 0 spiro atoms. The third-order valence-electron chi connectivity index (χ3n) is 9.39. The van der Waals surface area contributed by atoms with Crippen molar-refractivity contribution in [3.8, 4) is 11.3 Å². The van der Waals surface area contributed by atoms with Crippen LogP contribution in [-0.2, 0) is 33.1 Å². The summed E-state index contributed by atoms with van der Waals surface area (Å²) < 4.78 is 45.2. The van der Waals surface area contributed by atoms with Gasteiger partial charge in [-0.15, -0.1) is 0 Å². The van der Waals surface area contributed by atoms with E-state index >= 15 is 0 Å². The molecular formula is C35H38FN3O5S. The van der Waals surface area contributed by atoms with Crippen LogP contribution in [0.3, 0.4) is 0 Å². The van der Waals surface area contributed by atoms with E-state index in [0.29, 0.717) is 38.6 Å². The Hall–Kier alpha value is -4.02. The number of aryl methyl sites for hydroxylation is 2. The van der Waals surface area contributed by atoms with Crippen molar-refractivity contribution in [2.24, 2.45) is 13.0 Å². The van der Waals surface area contributed by atoms with Crippen LogP contribution in [0.25, 0.3) is 22.2 Å². The van der Waals surface area contributed by atoms with E-state index in [1.165, 1.54) is 12.1 Å². The first-order chi connectivity index (χ1) is 21.6. The van der Waals surface area contributed by atoms with E-state index in [1.807, 2.05) is 52.9 Å². The molecule has 8 nitrogen and oxygen atoms in total. The predicted molar refractivity (Wildman–Crippen MR) is 170 cm³/mol. The topological polar surface area (TPSA) is 109 Å². The van der Waals surface area contributed by atoms with Crippen LogP contribution >= 0.6 is 0 Å². The lowest BCUT2D eigenvalue weighted by atomic mass is 9.85. The van der Waals surface area contributed by atoms with Crippen LogP contribution in [0, 0.1) is 11.7 Å². The number of aliphatic carboxylic acids is 1. The molecule has 236 valence electrons. The number of amides is 1. The van der Waals surface area contributed by atoms with Crippen LogP contribution in [0.5, 0.6) is 0 Å². The largest absolute Gasteiger partial charge is 0.481 e. The van der Waals surface area contributed by atoms with Crippen molar-refractivity contribution in [2.45, 2.75) is 68.3 Å². The highest BCUT2D eigenvalue weighted by Crippen LogP contribution is 2.36. The monoisotopic (exact) mass is 631 g/mol. The molecule has 3 aromatic carbocycles. The van der Waals surface area contributed by atoms with Crippen molar-refractivity contribution in [2.75, 3.05) is 6.54 Å². The molecule has 1 aromatic heterocycles. The third kappa shape index (κ3) is 6.67. The number of nitrogens with zero attached hydrogens (tertiary/aromatic N) is 2. The summed E-state index contributed by atoms with van der Waals surface area (Å²) in [6.45, 7) is 0.689. The van der Waals surface area contributed by atoms with Crippen molar-refractivity contribution in [3.63, 3.8) is 0 Å². The quantitative estimate of drug-likeness (QED) is 0.229. The summed E-state index contributed by atoms with van der Waals surface area (Å²) in [4.78, 5) is 26.5. The number of sulfonamides is 1. The minimum atomic E-state index is -3.78. The number of nitrogens with one attached hydrogen (secondary N) is 1. The highest BCUT2D eigenvalue weighted by atomic mass is 32.2. The van der Waals surface area contributed by atoms with Crippen molar-refractivity contribution < 1.29 is 27.5 Å². The lowest BCUT2D eigenvalue weighted by Crippen LogP contribution is -2.42. The lowest BCUT2D eigenvalue weighted by Gasteiger charge is -2.33. The summed E-state index contributed by atoms with van der Waals surface area (Å²) >= 11 is 0. The first-order valence-corrected chi connectivity index (χ1v) is 17.1. The summed E-state index contributed by atoms with van der Waals surface area (Å²) in [7, 11) is -1.88. The maximum absolute atomic E-state index is 13.5. The van der Waals surface area contributed by atoms with E-state index in [-0.39, 0.29) is 41.0 Å². The second kappa shape index (κ2) is 12.8. The number of carbonyl (C=O) groups excluding carboxylic acids is 1. The van der Waals surface area contributed by atoms with Crippen molar-refractivity contribution in [1.82, 2.24) is 14.2 Å². The number of carboxylic acid groups (broad SMARTS) is 1. The fourth-order valence-corrected chi connectivity index (χ4v) is 8.21. The van der Waals surface area contributed by atoms with Crippen LogP contribution < -0.4 is 4.72 Å². The number of likely N-dealkylation sites (tertiary alicyclic amines) is 1. The Labute approximate surface area is 262 Å². The number of fused-ring (bicyclic) bond motifs is 1. The molecular weight excluding hydrogens is 593 g/mol. The molecule has 6 rings (SSSR count). The maximum atomic E-state index is 13.5. The SMILES string of the molecule is Cn1c(-c2ccc(CCC(=O)O)cc2)cc2ccc(S(=O)(=O)NC3CCC(C(=O)N4CCC[C@@H]4c4ccc(F)cc4)CC3)cc21. The first-order valence-electron chi connectivity index (χ1n) is 15.6. The van der Waals surface area contributed by atoms with Gasteiger partial charge in [0.25, 0.3) is 0 Å². The molecule has 45 heavy (non-hydrogen) atoms. The van der Waals surface area contributed by atoms with Gasteiger partial charge >= 0.3 is 5.97 Å². The molecule has 2 heterocycles. The number of hydrogen-bond acceptors (Lipinski definition) is 4. The molecule has 0 radical (unpaired) electrons. The fraction of sp³-hybridized carbons (Fsp3) is 0.371. The minimum absolute atomic E-state index is 0.0366. The number of halogens is 1. The van der Waals surface area contributed by atoms with E-state index in [1.54, 1.807) is 24.3 Å². The zero-order valence-corrected chi connectivity index (χ0v) is 26.1. The third-order valence-corrected chi connectivity index (χ3v) is 10.9. The Balaban J connectivity index is 1.09. The van der Waals surface area contributed by atoms with Crippen molar-refractivity contribution >= 4 is 32.8 Å². The molecule has 2 fully saturated rings. The molecule has 1 amide bonds. The van der Waals surface area contributed by atoms with Crippen LogP contribution in [-0.4, -0.2) is 47.5 Å². The minimum Gasteiger partial charge on any atom is -0.481 e. The second-order valence-corrected chi connectivity index (χ2v) is 14.0. The summed E-state index contributed by atoms with van der Waals surface area (Å²) in [5.74, 6) is -1.15. The Morgan fingerprint density at radius 3 is 2.33 bits per heavy atom. The molecule has 1 saturated heterocycles. The fourth-order valence-electron chi connectivity index (χ4n) is 6.89. The lowest BCUT2D eigenvalue weighted by molar-refractivity contribution is -0.138. The molecule has 1 atom stereocenters. The maximum Gasteiger partial charge on any atom is 0.303 e. The van der Waals surface area contributed by atoms with E-state index in [0.717, 1.165) is 46.1 Å². The average Bonchev–Trinajstić information content (AvgIpc) is 3.65. The van der Waals surface area contributed by atoms with E-state index in [9.17, 15) is 22.4 Å². The van der Waals surface area contributed by atoms with Crippen LogP contribution in [0.2, 0.25) is 0 Å². The summed E-state index contributed by atoms with van der Waals surface area (Å²) in [5, 5.41) is 9.86. The average molecular weight is 632 g/mol. The number of benzene rings is 3. The molecule has 4 aromatic rings. The molecule has 10 heteroatoms. The van der Waals surface area contributed by atoms with Gasteiger partial charge in [-0.3, -0.25) is 9.59 Å². The van der Waals surface area contributed by atoms with Gasteiger partial charge in [-0.2, -0.15) is 0 Å². The Bertz CT molecular complexity index is 1810. The van der Waals surface area contributed by atoms with Crippen molar-refractivity contribution in [3.05, 3.63) is 89.7 Å².